The molecule has 0 aliphatic carbocycles. The normalized spacial score (nSPS) is 11.0. The van der Waals surface area contributed by atoms with Crippen molar-refractivity contribution in [1.82, 2.24) is 14.9 Å². The number of benzene rings is 2. The van der Waals surface area contributed by atoms with E-state index in [2.05, 4.69) is 10.3 Å². The van der Waals surface area contributed by atoms with E-state index in [0.717, 1.165) is 17.9 Å². The zero-order chi connectivity index (χ0) is 27.7. The zero-order valence-electron chi connectivity index (χ0n) is 22.9. The summed E-state index contributed by atoms with van der Waals surface area (Å²) >= 11 is 1.16. The van der Waals surface area contributed by atoms with Gasteiger partial charge in [-0.25, -0.2) is 4.39 Å². The van der Waals surface area contributed by atoms with E-state index in [4.69, 9.17) is 8.92 Å². The number of hydrogen-bond donors (Lipinski definition) is 2. The molecule has 11 heteroatoms. The number of halogens is 1. The molecule has 39 heavy (non-hydrogen) atoms. The van der Waals surface area contributed by atoms with Crippen molar-refractivity contribution in [3.8, 4) is 22.6 Å². The van der Waals surface area contributed by atoms with Crippen LogP contribution in [-0.4, -0.2) is 35.7 Å². The molecule has 0 saturated carbocycles. The summed E-state index contributed by atoms with van der Waals surface area (Å²) in [4.78, 5) is 28.8. The molecule has 1 amide bonds. The first-order chi connectivity index (χ1) is 18.0. The number of nitrogens with zero attached hydrogens (tertiary/aromatic N) is 2. The van der Waals surface area contributed by atoms with E-state index in [-0.39, 0.29) is 42.5 Å². The summed E-state index contributed by atoms with van der Waals surface area (Å²) in [5.74, 6) is 0.424. The number of aromatic nitrogens is 2. The van der Waals surface area contributed by atoms with Gasteiger partial charge in [-0.05, 0) is 75.2 Å². The van der Waals surface area contributed by atoms with Gasteiger partial charge in [0.2, 0.25) is 0 Å². The van der Waals surface area contributed by atoms with Crippen LogP contribution in [0.1, 0.15) is 35.5 Å². The van der Waals surface area contributed by atoms with Gasteiger partial charge in [0, 0.05) is 48.5 Å². The molecule has 0 fully saturated rings. The second-order valence-electron chi connectivity index (χ2n) is 9.45. The highest BCUT2D eigenvalue weighted by atomic mass is 32.2. The van der Waals surface area contributed by atoms with Crippen molar-refractivity contribution in [2.45, 2.75) is 33.7 Å². The fourth-order valence-electron chi connectivity index (χ4n) is 4.35. The number of aryl methyl sites for hydroxylation is 3. The van der Waals surface area contributed by atoms with Crippen LogP contribution >= 0.6 is 25.7 Å². The minimum absolute atomic E-state index is 0. The molecular weight excluding hydrogens is 539 g/mol. The summed E-state index contributed by atoms with van der Waals surface area (Å²) in [5.41, 5.74) is 3.84. The lowest BCUT2D eigenvalue weighted by Crippen LogP contribution is -2.30. The van der Waals surface area contributed by atoms with Crippen molar-refractivity contribution < 1.29 is 18.1 Å². The Morgan fingerprint density at radius 2 is 1.79 bits per heavy atom. The second-order valence-corrected chi connectivity index (χ2v) is 10.5. The van der Waals surface area contributed by atoms with Crippen molar-refractivity contribution in [2.75, 3.05) is 18.5 Å². The van der Waals surface area contributed by atoms with Crippen LogP contribution in [0.5, 0.6) is 11.5 Å². The van der Waals surface area contributed by atoms with E-state index in [0.29, 0.717) is 44.7 Å². The smallest absolute Gasteiger partial charge is 0.274 e. The molecule has 2 heterocycles. The highest BCUT2D eigenvalue weighted by Crippen LogP contribution is 2.41. The zero-order valence-corrected chi connectivity index (χ0v) is 24.7. The summed E-state index contributed by atoms with van der Waals surface area (Å²) in [6, 6.07) is 10.1. The highest BCUT2D eigenvalue weighted by molar-refractivity contribution is 7.96. The molecule has 0 saturated heterocycles. The molecule has 0 radical (unpaired) electrons. The van der Waals surface area contributed by atoms with Crippen LogP contribution in [0, 0.1) is 19.7 Å². The topological polar surface area (TPSA) is 88.6 Å². The van der Waals surface area contributed by atoms with Crippen molar-refractivity contribution in [2.24, 2.45) is 7.05 Å². The van der Waals surface area contributed by atoms with E-state index in [1.807, 2.05) is 43.4 Å². The average Bonchev–Trinajstić information content (AvgIpc) is 3.29. The summed E-state index contributed by atoms with van der Waals surface area (Å²) < 4.78 is 28.9. The van der Waals surface area contributed by atoms with Crippen LogP contribution in [0.3, 0.4) is 0 Å². The van der Waals surface area contributed by atoms with Gasteiger partial charge in [-0.15, -0.1) is 0 Å². The molecule has 2 aromatic heterocycles. The Morgan fingerprint density at radius 3 is 2.41 bits per heavy atom. The van der Waals surface area contributed by atoms with Crippen LogP contribution in [0.15, 0.2) is 47.4 Å². The molecule has 2 aromatic carbocycles. The Morgan fingerprint density at radius 1 is 1.13 bits per heavy atom. The Labute approximate surface area is 238 Å². The molecule has 0 bridgehead atoms. The van der Waals surface area contributed by atoms with E-state index >= 15 is 0 Å². The van der Waals surface area contributed by atoms with Crippen molar-refractivity contribution in [3.63, 3.8) is 0 Å². The molecule has 2 N–H and O–H groups in total. The molecule has 4 rings (SSSR count). The number of carbonyl (C=O) groups excluding carboxylic acids is 1. The minimum Gasteiger partial charge on any atom is -0.456 e. The Hall–Kier alpha value is -3.41. The first-order valence-electron chi connectivity index (χ1n) is 12.1. The van der Waals surface area contributed by atoms with Gasteiger partial charge in [-0.1, -0.05) is 0 Å². The van der Waals surface area contributed by atoms with Crippen LogP contribution in [0.2, 0.25) is 0 Å². The molecule has 0 atom stereocenters. The number of anilines is 1. The molecule has 208 valence electrons. The molecule has 0 aliphatic heterocycles. The fraction of sp³-hybridized carbons (Fsp3) is 0.286. The molecule has 0 spiro atoms. The molecule has 0 unspecified atom stereocenters. The summed E-state index contributed by atoms with van der Waals surface area (Å²) in [5, 5.41) is 3.44. The largest absolute Gasteiger partial charge is 0.456 e. The number of aromatic amines is 1. The molecular formula is C28H33FN4O4S2. The van der Waals surface area contributed by atoms with Crippen molar-refractivity contribution in [1.29, 1.82) is 0 Å². The predicted molar refractivity (Wildman–Crippen MR) is 161 cm³/mol. The van der Waals surface area contributed by atoms with Crippen LogP contribution in [0.25, 0.3) is 22.0 Å². The maximum absolute atomic E-state index is 14.0. The number of H-pyrrole nitrogens is 1. The van der Waals surface area contributed by atoms with Crippen molar-refractivity contribution >= 4 is 48.2 Å². The third-order valence-corrected chi connectivity index (χ3v) is 6.65. The third kappa shape index (κ3) is 6.26. The van der Waals surface area contributed by atoms with Gasteiger partial charge in [-0.2, -0.15) is 13.5 Å². The Kier molecular flexibility index (Phi) is 9.42. The molecule has 8 nitrogen and oxygen atoms in total. The number of nitrogens with one attached hydrogen (secondary N) is 2. The number of carbonyl (C=O) groups is 1. The molecule has 0 aliphatic rings. The Balaban J connectivity index is 0.00000420. The monoisotopic (exact) mass is 572 g/mol. The van der Waals surface area contributed by atoms with Crippen LogP contribution < -0.4 is 19.9 Å². The number of rotatable bonds is 8. The van der Waals surface area contributed by atoms with Crippen LogP contribution in [-0.2, 0) is 11.2 Å². The van der Waals surface area contributed by atoms with Gasteiger partial charge >= 0.3 is 0 Å². The van der Waals surface area contributed by atoms with Gasteiger partial charge in [0.15, 0.2) is 0 Å². The summed E-state index contributed by atoms with van der Waals surface area (Å²) in [6.45, 7) is 7.32. The Bertz CT molecular complexity index is 1560. The highest BCUT2D eigenvalue weighted by Gasteiger charge is 2.21. The second kappa shape index (κ2) is 12.2. The van der Waals surface area contributed by atoms with E-state index in [1.54, 1.807) is 40.3 Å². The van der Waals surface area contributed by atoms with Gasteiger partial charge in [0.25, 0.3) is 11.5 Å². The van der Waals surface area contributed by atoms with Gasteiger partial charge < -0.3 is 23.8 Å². The quantitative estimate of drug-likeness (QED) is 0.200. The minimum atomic E-state index is -0.333. The lowest BCUT2D eigenvalue weighted by molar-refractivity contribution is 0.0939. The average molecular weight is 573 g/mol. The lowest BCUT2D eigenvalue weighted by Gasteiger charge is -2.20. The van der Waals surface area contributed by atoms with E-state index in [9.17, 15) is 14.0 Å². The number of amides is 1. The van der Waals surface area contributed by atoms with Crippen LogP contribution in [0.4, 0.5) is 10.1 Å². The van der Waals surface area contributed by atoms with Crippen molar-refractivity contribution in [3.05, 3.63) is 75.6 Å². The number of hydrogen-bond acceptors (Lipinski definition) is 6. The van der Waals surface area contributed by atoms with E-state index < -0.39 is 0 Å². The first-order valence-corrected chi connectivity index (χ1v) is 12.8. The lowest BCUT2D eigenvalue weighted by atomic mass is 10.0. The van der Waals surface area contributed by atoms with E-state index in [1.165, 1.54) is 16.7 Å². The van der Waals surface area contributed by atoms with Gasteiger partial charge in [0.1, 0.15) is 40.8 Å². The number of ether oxygens (including phenoxy) is 1. The summed E-state index contributed by atoms with van der Waals surface area (Å²) in [7, 11) is 5.11. The molecule has 4 aromatic rings. The number of fused-ring (bicyclic) bond motifs is 1. The fourth-order valence-corrected chi connectivity index (χ4v) is 4.77. The predicted octanol–water partition coefficient (Wildman–Crippen LogP) is 5.98. The maximum Gasteiger partial charge on any atom is 0.274 e. The van der Waals surface area contributed by atoms with Gasteiger partial charge in [-0.3, -0.25) is 13.9 Å². The first kappa shape index (κ1) is 30.1. The number of pyridine rings is 1. The van der Waals surface area contributed by atoms with Gasteiger partial charge in [0.05, 0.1) is 7.11 Å². The standard InChI is InChI=1S/C28H31FN4O4S.H2S/c1-15(2)30-27(34)23-13-21-22(14-32(5)28(35)25(21)31-23)20-12-19(33(6)38-36-7)8-9-24(20)37-26-16(3)10-18(29)11-17(26)4;/h8-15,31H,1-7H3,(H,30,34);1H2. The maximum atomic E-state index is 14.0. The third-order valence-electron chi connectivity index (χ3n) is 6.07. The SMILES string of the molecule is COSN(C)c1ccc(Oc2c(C)cc(F)cc2C)c(-c2cn(C)c(=O)c3[nH]c(C(=O)NC(C)C)cc23)c1.S. The summed E-state index contributed by atoms with van der Waals surface area (Å²) in [6.07, 6.45) is 1.72.